The number of hydrogen-bond acceptors (Lipinski definition) is 3. The van der Waals surface area contributed by atoms with E-state index in [0.717, 1.165) is 72.8 Å². The minimum Gasteiger partial charge on any atom is -0.456 e. The van der Waals surface area contributed by atoms with Crippen molar-refractivity contribution in [3.05, 3.63) is 217 Å². The third-order valence-corrected chi connectivity index (χ3v) is 12.6. The van der Waals surface area contributed by atoms with E-state index in [1.807, 2.05) is 12.1 Å². The zero-order valence-corrected chi connectivity index (χ0v) is 33.5. The average Bonchev–Trinajstić information content (AvgIpc) is 3.99. The Bertz CT molecular complexity index is 3890. The summed E-state index contributed by atoms with van der Waals surface area (Å²) in [5, 5.41) is 8.14. The predicted molar refractivity (Wildman–Crippen MR) is 256 cm³/mol. The van der Waals surface area contributed by atoms with E-state index < -0.39 is 0 Å². The van der Waals surface area contributed by atoms with Crippen LogP contribution in [0.2, 0.25) is 0 Å². The van der Waals surface area contributed by atoms with Crippen LogP contribution in [0.4, 0.5) is 0 Å². The number of furan rings is 1. The molecule has 13 aromatic rings. The summed E-state index contributed by atoms with van der Waals surface area (Å²) in [5.74, 6) is 0.660. The lowest BCUT2D eigenvalue weighted by Crippen LogP contribution is -2.03. The first-order valence-corrected chi connectivity index (χ1v) is 21.1. The number of rotatable bonds is 6. The second kappa shape index (κ2) is 13.6. The Morgan fingerprint density at radius 2 is 1.10 bits per heavy atom. The number of hydrogen-bond donors (Lipinski definition) is 0. The molecule has 5 nitrogen and oxygen atoms in total. The molecular formula is C57H36N4O. The molecule has 13 rings (SSSR count). The smallest absolute Gasteiger partial charge is 0.235 e. The molecule has 0 unspecified atom stereocenters. The number of para-hydroxylation sites is 4. The fraction of sp³-hybridized carbons (Fsp3) is 0.0175. The lowest BCUT2D eigenvalue weighted by Gasteiger charge is -2.12. The van der Waals surface area contributed by atoms with Crippen molar-refractivity contribution in [2.75, 3.05) is 0 Å². The first kappa shape index (κ1) is 34.6. The van der Waals surface area contributed by atoms with Crippen LogP contribution in [0.1, 0.15) is 11.1 Å². The van der Waals surface area contributed by atoms with E-state index in [1.54, 1.807) is 0 Å². The van der Waals surface area contributed by atoms with E-state index >= 15 is 0 Å². The largest absolute Gasteiger partial charge is 0.456 e. The molecule has 0 amide bonds. The maximum absolute atomic E-state index is 6.57. The van der Waals surface area contributed by atoms with Gasteiger partial charge < -0.3 is 8.98 Å². The van der Waals surface area contributed by atoms with Crippen molar-refractivity contribution >= 4 is 76.5 Å². The van der Waals surface area contributed by atoms with Crippen LogP contribution in [0.3, 0.4) is 0 Å². The maximum Gasteiger partial charge on any atom is 0.235 e. The molecule has 0 aliphatic rings. The summed E-state index contributed by atoms with van der Waals surface area (Å²) in [6, 6.07) is 73.3. The number of nitrogens with zero attached hydrogens (tertiary/aromatic N) is 4. The zero-order chi connectivity index (χ0) is 40.7. The highest BCUT2D eigenvalue weighted by molar-refractivity contribution is 6.17. The van der Waals surface area contributed by atoms with Crippen LogP contribution >= 0.6 is 0 Å². The van der Waals surface area contributed by atoms with E-state index in [1.165, 1.54) is 49.3 Å². The van der Waals surface area contributed by atoms with E-state index in [9.17, 15) is 0 Å². The maximum atomic E-state index is 6.57. The Kier molecular flexibility index (Phi) is 7.60. The minimum atomic E-state index is 0.660. The van der Waals surface area contributed by atoms with Gasteiger partial charge in [0.2, 0.25) is 5.95 Å². The summed E-state index contributed by atoms with van der Waals surface area (Å²) < 4.78 is 11.2. The van der Waals surface area contributed by atoms with Crippen molar-refractivity contribution < 1.29 is 4.42 Å². The lowest BCUT2D eigenvalue weighted by molar-refractivity contribution is 0.669. The summed E-state index contributed by atoms with van der Waals surface area (Å²) in [5.41, 5.74) is 15.2. The molecule has 0 saturated carbocycles. The molecule has 0 radical (unpaired) electrons. The Morgan fingerprint density at radius 3 is 1.95 bits per heavy atom. The monoisotopic (exact) mass is 792 g/mol. The third-order valence-electron chi connectivity index (χ3n) is 12.6. The van der Waals surface area contributed by atoms with Crippen LogP contribution < -0.4 is 0 Å². The second-order valence-corrected chi connectivity index (χ2v) is 16.1. The standard InChI is InChI=1S/C57H36N4O/c1-3-15-37(16-4-1)56-43-21-7-10-24-47(43)58-57(59-56)61-48-25-11-8-20-42(48)45-34-36(29-31-50(45)61)33-39-17-13-28-53-54(39)46-35-38(30-32-52(46)62-53)41-23-14-27-51-55(41)44-22-9-12-26-49(44)60(51)40-18-5-2-6-19-40/h1-32,34-35H,33H2. The van der Waals surface area contributed by atoms with Gasteiger partial charge in [-0.1, -0.05) is 140 Å². The molecule has 0 saturated heterocycles. The average molecular weight is 793 g/mol. The highest BCUT2D eigenvalue weighted by Gasteiger charge is 2.20. The fourth-order valence-corrected chi connectivity index (χ4v) is 9.88. The van der Waals surface area contributed by atoms with Crippen LogP contribution in [0, 0.1) is 0 Å². The lowest BCUT2D eigenvalue weighted by atomic mass is 9.95. The second-order valence-electron chi connectivity index (χ2n) is 16.1. The van der Waals surface area contributed by atoms with Gasteiger partial charge in [-0.05, 0) is 95.4 Å². The van der Waals surface area contributed by atoms with Crippen LogP contribution in [0.25, 0.3) is 110 Å². The van der Waals surface area contributed by atoms with Gasteiger partial charge in [0, 0.05) is 49.0 Å². The van der Waals surface area contributed by atoms with Gasteiger partial charge in [0.15, 0.2) is 0 Å². The van der Waals surface area contributed by atoms with Gasteiger partial charge in [0.05, 0.1) is 33.3 Å². The zero-order valence-electron chi connectivity index (χ0n) is 33.5. The molecule has 62 heavy (non-hydrogen) atoms. The van der Waals surface area contributed by atoms with E-state index in [4.69, 9.17) is 14.4 Å². The fourth-order valence-electron chi connectivity index (χ4n) is 9.88. The molecule has 0 spiro atoms. The molecule has 5 heteroatoms. The van der Waals surface area contributed by atoms with Crippen molar-refractivity contribution in [3.63, 3.8) is 0 Å². The number of benzene rings is 9. The minimum absolute atomic E-state index is 0.660. The van der Waals surface area contributed by atoms with E-state index in [0.29, 0.717) is 5.95 Å². The summed E-state index contributed by atoms with van der Waals surface area (Å²) in [6.07, 6.45) is 0.746. The topological polar surface area (TPSA) is 48.8 Å². The molecule has 0 aliphatic heterocycles. The Labute approximate surface area is 356 Å². The Hall–Kier alpha value is -8.28. The summed E-state index contributed by atoms with van der Waals surface area (Å²) in [6.45, 7) is 0. The Morgan fingerprint density at radius 1 is 0.403 bits per heavy atom. The summed E-state index contributed by atoms with van der Waals surface area (Å²) >= 11 is 0. The van der Waals surface area contributed by atoms with Gasteiger partial charge in [-0.3, -0.25) is 4.57 Å². The molecule has 4 aromatic heterocycles. The summed E-state index contributed by atoms with van der Waals surface area (Å²) in [4.78, 5) is 10.4. The molecule has 0 bridgehead atoms. The molecule has 290 valence electrons. The first-order valence-electron chi connectivity index (χ1n) is 21.1. The normalized spacial score (nSPS) is 11.9. The van der Waals surface area contributed by atoms with Crippen molar-refractivity contribution in [1.29, 1.82) is 0 Å². The molecule has 4 heterocycles. The molecular weight excluding hydrogens is 757 g/mol. The van der Waals surface area contributed by atoms with E-state index in [-0.39, 0.29) is 0 Å². The highest BCUT2D eigenvalue weighted by Crippen LogP contribution is 2.42. The van der Waals surface area contributed by atoms with Gasteiger partial charge in [0.1, 0.15) is 11.2 Å². The third kappa shape index (κ3) is 5.28. The molecule has 0 N–H and O–H groups in total. The van der Waals surface area contributed by atoms with Crippen LogP contribution in [0.5, 0.6) is 0 Å². The van der Waals surface area contributed by atoms with Gasteiger partial charge in [0.25, 0.3) is 0 Å². The Balaban J connectivity index is 0.945. The van der Waals surface area contributed by atoms with Crippen molar-refractivity contribution in [3.8, 4) is 34.0 Å². The van der Waals surface area contributed by atoms with Crippen molar-refractivity contribution in [1.82, 2.24) is 19.1 Å². The molecule has 0 aliphatic carbocycles. The summed E-state index contributed by atoms with van der Waals surface area (Å²) in [7, 11) is 0. The molecule has 0 atom stereocenters. The molecule has 9 aromatic carbocycles. The van der Waals surface area contributed by atoms with E-state index in [2.05, 4.69) is 203 Å². The highest BCUT2D eigenvalue weighted by atomic mass is 16.3. The number of aromatic nitrogens is 4. The van der Waals surface area contributed by atoms with Crippen molar-refractivity contribution in [2.24, 2.45) is 0 Å². The predicted octanol–water partition coefficient (Wildman–Crippen LogP) is 14.6. The number of fused-ring (bicyclic) bond motifs is 10. The van der Waals surface area contributed by atoms with Gasteiger partial charge in [-0.25, -0.2) is 9.97 Å². The van der Waals surface area contributed by atoms with Crippen LogP contribution in [-0.2, 0) is 6.42 Å². The quantitative estimate of drug-likeness (QED) is 0.168. The van der Waals surface area contributed by atoms with Gasteiger partial charge >= 0.3 is 0 Å². The van der Waals surface area contributed by atoms with Gasteiger partial charge in [-0.15, -0.1) is 0 Å². The van der Waals surface area contributed by atoms with Crippen LogP contribution in [0.15, 0.2) is 211 Å². The van der Waals surface area contributed by atoms with Crippen LogP contribution in [-0.4, -0.2) is 19.1 Å². The van der Waals surface area contributed by atoms with Crippen molar-refractivity contribution in [2.45, 2.75) is 6.42 Å². The van der Waals surface area contributed by atoms with Gasteiger partial charge in [-0.2, -0.15) is 0 Å². The first-order chi connectivity index (χ1) is 30.7. The molecule has 0 fully saturated rings. The SMILES string of the molecule is c1ccc(-c2nc(-n3c4ccccc4c4cc(Cc5cccc6oc7ccc(-c8cccc9c8c8ccccc8n9-c8ccccc8)cc7c56)ccc43)nc3ccccc23)cc1.